The number of hydrazone groups is 1. The van der Waals surface area contributed by atoms with Crippen LogP contribution in [0.2, 0.25) is 0 Å². The van der Waals surface area contributed by atoms with Crippen LogP contribution in [0.15, 0.2) is 121 Å². The average Bonchev–Trinajstić information content (AvgIpc) is 3.66. The number of nitrogens with zero attached hydrogens (tertiary/aromatic N) is 2. The number of aldehydes is 1. The highest BCUT2D eigenvalue weighted by molar-refractivity contribution is 7.22. The van der Waals surface area contributed by atoms with Gasteiger partial charge in [0.05, 0.1) is 32.7 Å². The lowest BCUT2D eigenvalue weighted by molar-refractivity contribution is -0.150. The zero-order chi connectivity index (χ0) is 47.7. The predicted octanol–water partition coefficient (Wildman–Crippen LogP) is 10.4. The van der Waals surface area contributed by atoms with Gasteiger partial charge in [0, 0.05) is 37.7 Å². The molecule has 0 unspecified atom stereocenters. The number of rotatable bonds is 17. The van der Waals surface area contributed by atoms with Crippen molar-refractivity contribution in [3.05, 3.63) is 139 Å². The first-order chi connectivity index (χ1) is 30.1. The van der Waals surface area contributed by atoms with Crippen molar-refractivity contribution in [3.63, 3.8) is 0 Å². The van der Waals surface area contributed by atoms with Crippen LogP contribution in [0, 0.1) is 0 Å². The minimum Gasteiger partial charge on any atom is -0.488 e. The predicted molar refractivity (Wildman–Crippen MR) is 253 cm³/mol. The second-order valence-corrected chi connectivity index (χ2v) is 17.5. The van der Waals surface area contributed by atoms with E-state index >= 15 is 0 Å². The number of carbonyl (C=O) groups excluding carboxylic acids is 4. The second-order valence-electron chi connectivity index (χ2n) is 16.5. The summed E-state index contributed by atoms with van der Waals surface area (Å²) in [6, 6.07) is 26.0. The van der Waals surface area contributed by atoms with E-state index in [0.717, 1.165) is 21.9 Å². The number of carbonyl (C=O) groups is 4. The molecule has 0 aliphatic carbocycles. The summed E-state index contributed by atoms with van der Waals surface area (Å²) in [5.74, 6) is -0.691. The average molecular weight is 894 g/mol. The van der Waals surface area contributed by atoms with Crippen LogP contribution in [0.1, 0.15) is 101 Å². The molecule has 5 rings (SSSR count). The maximum Gasteiger partial charge on any atom is 0.343 e. The summed E-state index contributed by atoms with van der Waals surface area (Å²) in [4.78, 5) is 52.1. The Morgan fingerprint density at radius 1 is 0.828 bits per heavy atom. The minimum absolute atomic E-state index is 0.167. The highest BCUT2D eigenvalue weighted by atomic mass is 32.1. The molecule has 14 heteroatoms. The number of fused-ring (bicyclic) bond motifs is 1. The van der Waals surface area contributed by atoms with Crippen molar-refractivity contribution in [2.45, 2.75) is 98.1 Å². The van der Waals surface area contributed by atoms with Crippen LogP contribution in [-0.4, -0.2) is 70.0 Å². The van der Waals surface area contributed by atoms with Crippen molar-refractivity contribution < 1.29 is 48.0 Å². The van der Waals surface area contributed by atoms with Gasteiger partial charge in [-0.25, -0.2) is 19.4 Å². The van der Waals surface area contributed by atoms with Gasteiger partial charge in [-0.05, 0) is 141 Å². The molecule has 64 heavy (non-hydrogen) atoms. The topological polar surface area (TPSA) is 172 Å². The van der Waals surface area contributed by atoms with Gasteiger partial charge in [0.2, 0.25) is 5.13 Å². The van der Waals surface area contributed by atoms with E-state index in [1.807, 2.05) is 52.0 Å². The number of ether oxygens (including phenoxy) is 5. The summed E-state index contributed by atoms with van der Waals surface area (Å²) < 4.78 is 29.9. The van der Waals surface area contributed by atoms with Crippen LogP contribution in [0.3, 0.4) is 0 Å². The third-order valence-corrected chi connectivity index (χ3v) is 9.66. The lowest BCUT2D eigenvalue weighted by atomic mass is 9.92. The van der Waals surface area contributed by atoms with E-state index in [4.69, 9.17) is 33.6 Å². The number of hydrogen-bond donors (Lipinski definition) is 2. The number of benzene rings is 4. The number of methoxy groups -OCH3 is 1. The van der Waals surface area contributed by atoms with E-state index in [0.29, 0.717) is 52.4 Å². The van der Waals surface area contributed by atoms with Crippen molar-refractivity contribution in [1.82, 2.24) is 4.98 Å². The molecule has 0 atom stereocenters. The van der Waals surface area contributed by atoms with E-state index in [2.05, 4.69) is 28.7 Å². The van der Waals surface area contributed by atoms with Gasteiger partial charge in [-0.2, -0.15) is 5.10 Å². The highest BCUT2D eigenvalue weighted by Gasteiger charge is 2.30. The Morgan fingerprint density at radius 3 is 1.95 bits per heavy atom. The summed E-state index contributed by atoms with van der Waals surface area (Å²) in [6.45, 7) is 23.3. The van der Waals surface area contributed by atoms with Gasteiger partial charge in [0.15, 0.2) is 0 Å². The highest BCUT2D eigenvalue weighted by Crippen LogP contribution is 2.31. The van der Waals surface area contributed by atoms with Crippen LogP contribution in [0.25, 0.3) is 10.2 Å². The van der Waals surface area contributed by atoms with Crippen LogP contribution in [-0.2, 0) is 25.5 Å². The molecule has 5 aromatic rings. The number of aliphatic hydroxyl groups excluding tert-OH is 1. The van der Waals surface area contributed by atoms with E-state index in [-0.39, 0.29) is 23.2 Å². The van der Waals surface area contributed by atoms with Gasteiger partial charge < -0.3 is 28.8 Å². The van der Waals surface area contributed by atoms with Gasteiger partial charge in [0.25, 0.3) is 0 Å². The van der Waals surface area contributed by atoms with Crippen molar-refractivity contribution >= 4 is 56.6 Å². The number of aliphatic hydroxyl groups is 1. The molecule has 0 saturated heterocycles. The molecule has 0 aliphatic heterocycles. The van der Waals surface area contributed by atoms with Gasteiger partial charge in [-0.15, -0.1) is 0 Å². The van der Waals surface area contributed by atoms with Crippen molar-refractivity contribution in [3.8, 4) is 17.2 Å². The summed E-state index contributed by atoms with van der Waals surface area (Å²) in [6.07, 6.45) is 3.86. The molecule has 1 heterocycles. The van der Waals surface area contributed by atoms with Crippen LogP contribution >= 0.6 is 11.3 Å². The Kier molecular flexibility index (Phi) is 19.3. The molecule has 340 valence electrons. The summed E-state index contributed by atoms with van der Waals surface area (Å²) in [5, 5.41) is 13.2. The van der Waals surface area contributed by atoms with Gasteiger partial charge in [0.1, 0.15) is 34.7 Å². The van der Waals surface area contributed by atoms with Gasteiger partial charge in [-0.1, -0.05) is 48.8 Å². The van der Waals surface area contributed by atoms with E-state index in [1.54, 1.807) is 108 Å². The Balaban J connectivity index is 0.00000125. The fourth-order valence-corrected chi connectivity index (χ4v) is 6.90. The number of esters is 3. The third-order valence-electron chi connectivity index (χ3n) is 8.71. The molecule has 0 spiro atoms. The molecule has 1 aromatic heterocycles. The minimum atomic E-state index is -0.771. The molecule has 2 N–H and O–H groups in total. The quantitative estimate of drug-likeness (QED) is 0.0226. The van der Waals surface area contributed by atoms with Crippen LogP contribution in [0.4, 0.5) is 5.13 Å². The number of aromatic nitrogens is 1. The van der Waals surface area contributed by atoms with Crippen molar-refractivity contribution in [2.75, 3.05) is 12.5 Å². The summed E-state index contributed by atoms with van der Waals surface area (Å²) in [5.41, 5.74) is 4.50. The molecule has 0 saturated carbocycles. The molecule has 0 fully saturated rings. The Morgan fingerprint density at radius 2 is 1.39 bits per heavy atom. The molecule has 4 aromatic carbocycles. The first-order valence-electron chi connectivity index (χ1n) is 20.4. The first kappa shape index (κ1) is 51.9. The zero-order valence-electron chi connectivity index (χ0n) is 38.2. The van der Waals surface area contributed by atoms with E-state index in [1.165, 1.54) is 17.4 Å². The zero-order valence-corrected chi connectivity index (χ0v) is 39.0. The number of para-hydroxylation sites is 1. The normalized spacial score (nSPS) is 11.5. The molecule has 13 nitrogen and oxygen atoms in total. The number of hydrogen-bond acceptors (Lipinski definition) is 14. The van der Waals surface area contributed by atoms with Crippen molar-refractivity contribution in [2.24, 2.45) is 5.10 Å². The SMILES string of the molecule is C=CC(=O)OC(C)(C)Cc1ccc(C(=O)Oc2ccc(OC(=O)c3ccc(OC(C)(C)CC(C)(C)OC)cc3)c(/C(C)=N/Nc3nc4ccccc4s3)c2)cc1.C=CC=O.CC(C)O. The Hall–Kier alpha value is -6.48. The molecule has 0 bridgehead atoms. The lowest BCUT2D eigenvalue weighted by Gasteiger charge is -2.34. The van der Waals surface area contributed by atoms with Gasteiger partial charge >= 0.3 is 17.9 Å². The fraction of sp³-hybridized carbons (Fsp3) is 0.320. The maximum absolute atomic E-state index is 13.5. The number of allylic oxidation sites excluding steroid dienone is 1. The second kappa shape index (κ2) is 23.8. The number of nitrogens with one attached hydrogen (secondary N) is 1. The van der Waals surface area contributed by atoms with E-state index < -0.39 is 29.1 Å². The molecule has 0 radical (unpaired) electrons. The van der Waals surface area contributed by atoms with E-state index in [9.17, 15) is 14.4 Å². The fourth-order valence-electron chi connectivity index (χ4n) is 6.09. The van der Waals surface area contributed by atoms with Gasteiger partial charge in [-0.3, -0.25) is 10.2 Å². The Bertz CT molecular complexity index is 2360. The Labute approximate surface area is 379 Å². The summed E-state index contributed by atoms with van der Waals surface area (Å²) in [7, 11) is 1.67. The molecule has 0 amide bonds. The van der Waals surface area contributed by atoms with Crippen LogP contribution < -0.4 is 19.6 Å². The van der Waals surface area contributed by atoms with Crippen LogP contribution in [0.5, 0.6) is 17.2 Å². The summed E-state index contributed by atoms with van der Waals surface area (Å²) >= 11 is 1.44. The monoisotopic (exact) mass is 893 g/mol. The molecular formula is C50H59N3O10S. The number of thiazole rings is 1. The first-order valence-corrected chi connectivity index (χ1v) is 21.2. The molecule has 0 aliphatic rings. The third kappa shape index (κ3) is 17.4. The number of anilines is 1. The lowest BCUT2D eigenvalue weighted by Crippen LogP contribution is -2.38. The standard InChI is InChI=1S/C44H47N3O8S.C3H8O.C3H4O/c1-10-38(48)55-42(3,4)26-29-15-17-30(18-16-29)39(49)52-33-23-24-36(34(25-33)28(2)46-47-41-45-35-13-11-12-14-37(35)56-41)53-40(50)31-19-21-32(22-20-31)54-44(7,8)27-43(5,6)51-9;1-3(2)4;1-2-3-4/h10-25H,1,26-27H2,2-9H3,(H,45,47);3-4H,1-2H3;2-3H,1H2/b46-28+;;. The largest absolute Gasteiger partial charge is 0.488 e. The molecular weight excluding hydrogens is 835 g/mol. The smallest absolute Gasteiger partial charge is 0.343 e. The maximum atomic E-state index is 13.5. The van der Waals surface area contributed by atoms with Crippen molar-refractivity contribution in [1.29, 1.82) is 0 Å².